The van der Waals surface area contributed by atoms with Crippen LogP contribution in [-0.2, 0) is 0 Å². The van der Waals surface area contributed by atoms with Gasteiger partial charge >= 0.3 is 0 Å². The number of nitrogen functional groups attached to an aromatic ring is 1. The van der Waals surface area contributed by atoms with Crippen LogP contribution in [0.15, 0.2) is 12.1 Å². The van der Waals surface area contributed by atoms with E-state index >= 15 is 0 Å². The standard InChI is InChI=1S/C11H12FN3O3/c1-11(4-5-11)14-10(16)8-6(12)2-3-7(9(8)13)15(17)18/h2-3H,4-5,13H2,1H3,(H,14,16). The molecule has 18 heavy (non-hydrogen) atoms. The molecule has 0 aromatic heterocycles. The number of nitrogens with zero attached hydrogens (tertiary/aromatic N) is 1. The predicted octanol–water partition coefficient (Wildman–Crippen LogP) is 1.60. The van der Waals surface area contributed by atoms with Crippen LogP contribution in [0.4, 0.5) is 15.8 Å². The third-order valence-corrected chi connectivity index (χ3v) is 3.01. The lowest BCUT2D eigenvalue weighted by atomic mass is 10.1. The van der Waals surface area contributed by atoms with Crippen LogP contribution in [0.2, 0.25) is 0 Å². The fourth-order valence-electron chi connectivity index (χ4n) is 1.62. The van der Waals surface area contributed by atoms with Gasteiger partial charge in [-0.2, -0.15) is 0 Å². The van der Waals surface area contributed by atoms with Crippen molar-refractivity contribution in [2.75, 3.05) is 5.73 Å². The van der Waals surface area contributed by atoms with Crippen molar-refractivity contribution in [2.24, 2.45) is 0 Å². The summed E-state index contributed by atoms with van der Waals surface area (Å²) in [5, 5.41) is 13.3. The van der Waals surface area contributed by atoms with E-state index in [-0.39, 0.29) is 5.54 Å². The lowest BCUT2D eigenvalue weighted by Crippen LogP contribution is -2.35. The Morgan fingerprint density at radius 2 is 2.17 bits per heavy atom. The molecule has 1 fully saturated rings. The molecular formula is C11H12FN3O3. The van der Waals surface area contributed by atoms with Crippen LogP contribution < -0.4 is 11.1 Å². The van der Waals surface area contributed by atoms with E-state index in [1.165, 1.54) is 0 Å². The molecule has 1 saturated carbocycles. The molecular weight excluding hydrogens is 241 g/mol. The van der Waals surface area contributed by atoms with Crippen molar-refractivity contribution < 1.29 is 14.1 Å². The molecule has 1 aliphatic rings. The Kier molecular flexibility index (Phi) is 2.68. The largest absolute Gasteiger partial charge is 0.392 e. The van der Waals surface area contributed by atoms with Crippen molar-refractivity contribution in [1.29, 1.82) is 0 Å². The highest BCUT2D eigenvalue weighted by Crippen LogP contribution is 2.35. The normalized spacial score (nSPS) is 16.1. The maximum Gasteiger partial charge on any atom is 0.293 e. The van der Waals surface area contributed by atoms with Crippen molar-refractivity contribution >= 4 is 17.3 Å². The van der Waals surface area contributed by atoms with E-state index in [0.29, 0.717) is 0 Å². The Bertz CT molecular complexity index is 541. The second kappa shape index (κ2) is 3.94. The van der Waals surface area contributed by atoms with Gasteiger partial charge in [-0.1, -0.05) is 0 Å². The summed E-state index contributed by atoms with van der Waals surface area (Å²) in [5.41, 5.74) is 3.76. The Balaban J connectivity index is 2.39. The van der Waals surface area contributed by atoms with Gasteiger partial charge in [-0.15, -0.1) is 0 Å². The van der Waals surface area contributed by atoms with Crippen LogP contribution in [0.1, 0.15) is 30.1 Å². The molecule has 1 aromatic carbocycles. The first-order valence-corrected chi connectivity index (χ1v) is 5.39. The molecule has 2 rings (SSSR count). The number of halogens is 1. The van der Waals surface area contributed by atoms with E-state index in [2.05, 4.69) is 5.32 Å². The summed E-state index contributed by atoms with van der Waals surface area (Å²) in [4.78, 5) is 21.8. The number of nitrogens with one attached hydrogen (secondary N) is 1. The topological polar surface area (TPSA) is 98.3 Å². The zero-order valence-electron chi connectivity index (χ0n) is 9.70. The second-order valence-electron chi connectivity index (χ2n) is 4.63. The van der Waals surface area contributed by atoms with Crippen LogP contribution in [0, 0.1) is 15.9 Å². The Hall–Kier alpha value is -2.18. The number of hydrogen-bond acceptors (Lipinski definition) is 4. The van der Waals surface area contributed by atoms with Crippen LogP contribution in [0.25, 0.3) is 0 Å². The Labute approximate surface area is 102 Å². The SMILES string of the molecule is CC1(NC(=O)c2c(F)ccc([N+](=O)[O-])c2N)CC1. The van der Waals surface area contributed by atoms with Crippen LogP contribution in [0.3, 0.4) is 0 Å². The third-order valence-electron chi connectivity index (χ3n) is 3.01. The lowest BCUT2D eigenvalue weighted by Gasteiger charge is -2.13. The monoisotopic (exact) mass is 253 g/mol. The summed E-state index contributed by atoms with van der Waals surface area (Å²) in [5.74, 6) is -1.58. The fraction of sp³-hybridized carbons (Fsp3) is 0.364. The number of benzene rings is 1. The summed E-state index contributed by atoms with van der Waals surface area (Å²) in [6.07, 6.45) is 1.60. The Morgan fingerprint density at radius 1 is 1.56 bits per heavy atom. The molecule has 0 atom stereocenters. The van der Waals surface area contributed by atoms with E-state index in [1.807, 2.05) is 6.92 Å². The van der Waals surface area contributed by atoms with Gasteiger partial charge in [0.25, 0.3) is 11.6 Å². The molecule has 0 unspecified atom stereocenters. The zero-order valence-corrected chi connectivity index (χ0v) is 9.70. The zero-order chi connectivity index (χ0) is 13.5. The molecule has 0 spiro atoms. The smallest absolute Gasteiger partial charge is 0.293 e. The Morgan fingerprint density at radius 3 is 2.67 bits per heavy atom. The van der Waals surface area contributed by atoms with Crippen molar-refractivity contribution in [3.05, 3.63) is 33.6 Å². The number of hydrogen-bond donors (Lipinski definition) is 2. The molecule has 1 amide bonds. The first-order chi connectivity index (χ1) is 8.34. The average molecular weight is 253 g/mol. The number of carbonyl (C=O) groups is 1. The van der Waals surface area contributed by atoms with Gasteiger partial charge in [-0.05, 0) is 25.8 Å². The molecule has 6 nitrogen and oxygen atoms in total. The average Bonchev–Trinajstić information content (AvgIpc) is 2.95. The quantitative estimate of drug-likeness (QED) is 0.485. The fourth-order valence-corrected chi connectivity index (χ4v) is 1.62. The van der Waals surface area contributed by atoms with Gasteiger partial charge in [0, 0.05) is 11.6 Å². The summed E-state index contributed by atoms with van der Waals surface area (Å²) >= 11 is 0. The van der Waals surface area contributed by atoms with E-state index in [9.17, 15) is 19.3 Å². The summed E-state index contributed by atoms with van der Waals surface area (Å²) < 4.78 is 13.6. The maximum atomic E-state index is 13.6. The molecule has 1 aromatic rings. The van der Waals surface area contributed by atoms with Crippen LogP contribution in [-0.4, -0.2) is 16.4 Å². The molecule has 0 saturated heterocycles. The molecule has 7 heteroatoms. The van der Waals surface area contributed by atoms with Gasteiger partial charge in [0.15, 0.2) is 0 Å². The van der Waals surface area contributed by atoms with Gasteiger partial charge in [0.1, 0.15) is 17.1 Å². The van der Waals surface area contributed by atoms with Gasteiger partial charge in [-0.3, -0.25) is 14.9 Å². The first-order valence-electron chi connectivity index (χ1n) is 5.39. The van der Waals surface area contributed by atoms with Gasteiger partial charge in [-0.25, -0.2) is 4.39 Å². The van der Waals surface area contributed by atoms with Gasteiger partial charge in [0.05, 0.1) is 4.92 Å². The van der Waals surface area contributed by atoms with E-state index in [1.54, 1.807) is 0 Å². The second-order valence-corrected chi connectivity index (χ2v) is 4.63. The number of carbonyl (C=O) groups excluding carboxylic acids is 1. The maximum absolute atomic E-state index is 13.6. The highest BCUT2D eigenvalue weighted by atomic mass is 19.1. The summed E-state index contributed by atoms with van der Waals surface area (Å²) in [7, 11) is 0. The van der Waals surface area contributed by atoms with Crippen LogP contribution >= 0.6 is 0 Å². The predicted molar refractivity (Wildman–Crippen MR) is 62.6 cm³/mol. The number of rotatable bonds is 3. The number of nitro groups is 1. The molecule has 0 radical (unpaired) electrons. The van der Waals surface area contributed by atoms with Gasteiger partial charge < -0.3 is 11.1 Å². The molecule has 1 aliphatic carbocycles. The number of amides is 1. The number of nitro benzene ring substituents is 1. The minimum absolute atomic E-state index is 0.347. The molecule has 3 N–H and O–H groups in total. The van der Waals surface area contributed by atoms with Crippen molar-refractivity contribution in [2.45, 2.75) is 25.3 Å². The molecule has 96 valence electrons. The van der Waals surface area contributed by atoms with E-state index in [0.717, 1.165) is 25.0 Å². The van der Waals surface area contributed by atoms with E-state index in [4.69, 9.17) is 5.73 Å². The van der Waals surface area contributed by atoms with Crippen molar-refractivity contribution in [1.82, 2.24) is 5.32 Å². The summed E-state index contributed by atoms with van der Waals surface area (Å²) in [6.45, 7) is 1.82. The van der Waals surface area contributed by atoms with Crippen molar-refractivity contribution in [3.8, 4) is 0 Å². The molecule has 0 bridgehead atoms. The molecule has 0 aliphatic heterocycles. The molecule has 0 heterocycles. The summed E-state index contributed by atoms with van der Waals surface area (Å²) in [6, 6.07) is 1.82. The van der Waals surface area contributed by atoms with Crippen molar-refractivity contribution in [3.63, 3.8) is 0 Å². The lowest BCUT2D eigenvalue weighted by molar-refractivity contribution is -0.384. The minimum atomic E-state index is -0.861. The highest BCUT2D eigenvalue weighted by molar-refractivity contribution is 6.01. The number of anilines is 1. The van der Waals surface area contributed by atoms with Gasteiger partial charge in [0.2, 0.25) is 0 Å². The minimum Gasteiger partial charge on any atom is -0.392 e. The third kappa shape index (κ3) is 2.11. The van der Waals surface area contributed by atoms with Crippen LogP contribution in [0.5, 0.6) is 0 Å². The van der Waals surface area contributed by atoms with E-state index < -0.39 is 33.6 Å². The number of nitrogens with two attached hydrogens (primary N) is 1. The first kappa shape index (κ1) is 12.3. The highest BCUT2D eigenvalue weighted by Gasteiger charge is 2.40.